The number of thiophene rings is 1. The minimum absolute atomic E-state index is 0.0814. The molecule has 0 saturated heterocycles. The van der Waals surface area contributed by atoms with Crippen LogP contribution >= 0.6 is 23.1 Å². The molecule has 0 saturated carbocycles. The molecular weight excluding hydrogens is 479 g/mol. The van der Waals surface area contributed by atoms with Crippen molar-refractivity contribution in [3.05, 3.63) is 0 Å². The Hall–Kier alpha value is 0.449. The van der Waals surface area contributed by atoms with Gasteiger partial charge in [0.15, 0.2) is 0 Å². The van der Waals surface area contributed by atoms with Crippen LogP contribution in [0.1, 0.15) is 73.1 Å². The Morgan fingerprint density at radius 2 is 1.37 bits per heavy atom. The minimum atomic E-state index is -2.51. The molecule has 1 aromatic rings. The summed E-state index contributed by atoms with van der Waals surface area (Å²) in [7, 11) is 0. The third kappa shape index (κ3) is 5.97. The van der Waals surface area contributed by atoms with E-state index in [4.69, 9.17) is 9.47 Å². The van der Waals surface area contributed by atoms with Crippen LogP contribution in [-0.4, -0.2) is 37.8 Å². The normalized spacial score (nSPS) is 16.4. The van der Waals surface area contributed by atoms with Crippen molar-refractivity contribution in [2.24, 2.45) is 5.41 Å². The van der Waals surface area contributed by atoms with Crippen molar-refractivity contribution in [3.63, 3.8) is 0 Å². The quantitative estimate of drug-likeness (QED) is 0.226. The van der Waals surface area contributed by atoms with E-state index in [1.807, 2.05) is 23.1 Å². The molecule has 1 aromatic heterocycles. The standard InChI is InChI=1S/C10H13O2S2.3C4H9.Sn/c1-10(2)5-11-7-4-14-9(13-3)8(7)12-6-10;3*1-3-4-2;/h5-6H2,1-3H3;3*1,3-4H2,2H3;. The van der Waals surface area contributed by atoms with Crippen molar-refractivity contribution in [1.82, 2.24) is 0 Å². The number of thioether (sulfide) groups is 1. The number of fused-ring (bicyclic) bond motifs is 1. The fraction of sp³-hybridized carbons (Fsp3) is 0.818. The molecule has 0 bridgehead atoms. The van der Waals surface area contributed by atoms with Crippen molar-refractivity contribution in [3.8, 4) is 11.5 Å². The van der Waals surface area contributed by atoms with E-state index in [1.165, 1.54) is 61.8 Å². The number of unbranched alkanes of at least 4 members (excludes halogenated alkanes) is 3. The summed E-state index contributed by atoms with van der Waals surface area (Å²) in [5.74, 6) is 2.26. The van der Waals surface area contributed by atoms with Crippen molar-refractivity contribution in [1.29, 1.82) is 0 Å². The summed E-state index contributed by atoms with van der Waals surface area (Å²) in [6.07, 6.45) is 10.3. The van der Waals surface area contributed by atoms with Gasteiger partial charge in [-0.05, 0) is 0 Å². The second-order valence-corrected chi connectivity index (χ2v) is 25.1. The number of hydrogen-bond donors (Lipinski definition) is 0. The molecule has 0 amide bonds. The third-order valence-electron chi connectivity index (χ3n) is 5.70. The average molecular weight is 519 g/mol. The topological polar surface area (TPSA) is 18.5 Å². The van der Waals surface area contributed by atoms with E-state index in [1.54, 1.807) is 2.89 Å². The predicted octanol–water partition coefficient (Wildman–Crippen LogP) is 7.32. The van der Waals surface area contributed by atoms with E-state index in [0.29, 0.717) is 0 Å². The van der Waals surface area contributed by atoms with Gasteiger partial charge in [0.2, 0.25) is 0 Å². The van der Waals surface area contributed by atoms with Crippen LogP contribution in [0.15, 0.2) is 4.21 Å². The molecule has 0 unspecified atom stereocenters. The Morgan fingerprint density at radius 1 is 0.889 bits per heavy atom. The first-order valence-corrected chi connectivity index (χ1v) is 20.4. The summed E-state index contributed by atoms with van der Waals surface area (Å²) in [6, 6.07) is 0. The number of rotatable bonds is 11. The number of ether oxygens (including phenoxy) is 2. The van der Waals surface area contributed by atoms with Crippen LogP contribution in [0.5, 0.6) is 11.5 Å². The molecule has 2 heterocycles. The van der Waals surface area contributed by atoms with Gasteiger partial charge in [0.1, 0.15) is 0 Å². The summed E-state index contributed by atoms with van der Waals surface area (Å²) >= 11 is 1.38. The second kappa shape index (κ2) is 11.0. The van der Waals surface area contributed by atoms with E-state index in [9.17, 15) is 0 Å². The van der Waals surface area contributed by atoms with Crippen LogP contribution < -0.4 is 12.4 Å². The third-order valence-corrected chi connectivity index (χ3v) is 26.2. The molecule has 0 N–H and O–H groups in total. The van der Waals surface area contributed by atoms with Crippen LogP contribution in [0.2, 0.25) is 13.3 Å². The average Bonchev–Trinajstić information content (AvgIpc) is 2.95. The monoisotopic (exact) mass is 520 g/mol. The SMILES string of the molecule is CCC[CH2][Sn]([CH2]CCC)([CH2]CCC)[c]1sc(SC)c2c1OCC(C)(C)CO2. The number of hydrogen-bond acceptors (Lipinski definition) is 4. The molecule has 0 atom stereocenters. The molecule has 1 aliphatic heterocycles. The maximum absolute atomic E-state index is 6.55. The zero-order valence-corrected chi connectivity index (χ0v) is 22.9. The molecule has 156 valence electrons. The van der Waals surface area contributed by atoms with E-state index >= 15 is 0 Å². The molecule has 5 heteroatoms. The summed E-state index contributed by atoms with van der Waals surface area (Å²) in [4.78, 5) is 0. The van der Waals surface area contributed by atoms with Gasteiger partial charge in [-0.1, -0.05) is 0 Å². The Labute approximate surface area is 180 Å². The fourth-order valence-corrected chi connectivity index (χ4v) is 26.0. The van der Waals surface area contributed by atoms with Gasteiger partial charge >= 0.3 is 181 Å². The zero-order valence-electron chi connectivity index (χ0n) is 18.4. The van der Waals surface area contributed by atoms with Gasteiger partial charge in [-0.3, -0.25) is 0 Å². The van der Waals surface area contributed by atoms with Crippen LogP contribution in [0.25, 0.3) is 0 Å². The van der Waals surface area contributed by atoms with E-state index in [2.05, 4.69) is 40.9 Å². The van der Waals surface area contributed by atoms with Gasteiger partial charge in [-0.15, -0.1) is 0 Å². The van der Waals surface area contributed by atoms with Crippen molar-refractivity contribution < 1.29 is 9.47 Å². The molecule has 0 spiro atoms. The zero-order chi connectivity index (χ0) is 19.9. The summed E-state index contributed by atoms with van der Waals surface area (Å²) in [5.41, 5.74) is 0.0814. The van der Waals surface area contributed by atoms with Crippen LogP contribution in [0.3, 0.4) is 0 Å². The Morgan fingerprint density at radius 3 is 1.81 bits per heavy atom. The summed E-state index contributed by atoms with van der Waals surface area (Å²) in [6.45, 7) is 13.1. The molecule has 0 radical (unpaired) electrons. The predicted molar refractivity (Wildman–Crippen MR) is 125 cm³/mol. The van der Waals surface area contributed by atoms with E-state index < -0.39 is 18.4 Å². The Kier molecular flexibility index (Phi) is 9.67. The first kappa shape index (κ1) is 23.7. The van der Waals surface area contributed by atoms with Gasteiger partial charge in [0.25, 0.3) is 0 Å². The van der Waals surface area contributed by atoms with Crippen LogP contribution in [0.4, 0.5) is 0 Å². The molecule has 0 fully saturated rings. The first-order valence-electron chi connectivity index (χ1n) is 10.9. The van der Waals surface area contributed by atoms with E-state index in [-0.39, 0.29) is 5.41 Å². The molecule has 2 nitrogen and oxygen atoms in total. The molecule has 2 rings (SSSR count). The van der Waals surface area contributed by atoms with Crippen molar-refractivity contribution >= 4 is 44.4 Å². The maximum atomic E-state index is 6.55. The van der Waals surface area contributed by atoms with Gasteiger partial charge in [-0.2, -0.15) is 0 Å². The molecule has 1 aliphatic rings. The van der Waals surface area contributed by atoms with Gasteiger partial charge < -0.3 is 0 Å². The van der Waals surface area contributed by atoms with Gasteiger partial charge in [0.05, 0.1) is 0 Å². The van der Waals surface area contributed by atoms with E-state index in [0.717, 1.165) is 19.0 Å². The molecular formula is C22H40O2S2Sn. The summed E-state index contributed by atoms with van der Waals surface area (Å²) in [5, 5.41) is 0. The summed E-state index contributed by atoms with van der Waals surface area (Å²) < 4.78 is 20.4. The fourth-order valence-electron chi connectivity index (χ4n) is 3.96. The van der Waals surface area contributed by atoms with Crippen LogP contribution in [-0.2, 0) is 0 Å². The molecule has 0 aromatic carbocycles. The van der Waals surface area contributed by atoms with Gasteiger partial charge in [0, 0.05) is 0 Å². The molecule has 0 aliphatic carbocycles. The second-order valence-electron chi connectivity index (χ2n) is 8.91. The Bertz CT molecular complexity index is 561. The van der Waals surface area contributed by atoms with Crippen molar-refractivity contribution in [2.45, 2.75) is 90.7 Å². The first-order chi connectivity index (χ1) is 12.9. The van der Waals surface area contributed by atoms with Crippen molar-refractivity contribution in [2.75, 3.05) is 19.5 Å². The van der Waals surface area contributed by atoms with Crippen LogP contribution in [0, 0.1) is 5.41 Å². The Balaban J connectivity index is 2.51. The molecule has 27 heavy (non-hydrogen) atoms. The van der Waals surface area contributed by atoms with Gasteiger partial charge in [-0.25, -0.2) is 0 Å².